The molecule has 1 amide bonds. The van der Waals surface area contributed by atoms with Crippen molar-refractivity contribution in [2.75, 3.05) is 5.32 Å². The number of H-pyrrole nitrogens is 1. The Morgan fingerprint density at radius 3 is 2.53 bits per heavy atom. The largest absolute Gasteiger partial charge is 0.309 e. The van der Waals surface area contributed by atoms with E-state index in [9.17, 15) is 4.79 Å². The fraction of sp³-hybridized carbons (Fsp3) is 0.333. The Morgan fingerprint density at radius 1 is 1.21 bits per heavy atom. The maximum Gasteiger partial charge on any atom is 0.230 e. The normalized spacial score (nSPS) is 10.5. The molecule has 0 spiro atoms. The third-order valence-corrected chi connectivity index (χ3v) is 3.45. The first-order chi connectivity index (χ1) is 8.97. The van der Waals surface area contributed by atoms with Crippen molar-refractivity contribution in [1.29, 1.82) is 0 Å². The van der Waals surface area contributed by atoms with Gasteiger partial charge in [0.2, 0.25) is 5.91 Å². The van der Waals surface area contributed by atoms with Crippen molar-refractivity contribution in [2.24, 2.45) is 0 Å². The Labute approximate surface area is 113 Å². The summed E-state index contributed by atoms with van der Waals surface area (Å²) in [6.07, 6.45) is 0.368. The van der Waals surface area contributed by atoms with Crippen molar-refractivity contribution < 1.29 is 4.79 Å². The molecule has 0 aliphatic rings. The molecule has 19 heavy (non-hydrogen) atoms. The zero-order chi connectivity index (χ0) is 14.0. The molecule has 0 bridgehead atoms. The second-order valence-electron chi connectivity index (χ2n) is 4.97. The van der Waals surface area contributed by atoms with E-state index in [4.69, 9.17) is 0 Å². The van der Waals surface area contributed by atoms with Gasteiger partial charge in [0.25, 0.3) is 0 Å². The molecule has 1 heterocycles. The summed E-state index contributed by atoms with van der Waals surface area (Å²) in [5.74, 6) is 0.573. The number of hydrogen-bond acceptors (Lipinski definition) is 2. The lowest BCUT2D eigenvalue weighted by Crippen LogP contribution is -2.15. The standard InChI is InChI=1S/C15H19N3O/c1-9-5-6-13(7-10(9)2)8-14(19)16-15-11(3)12(4)17-18-15/h5-7H,8H2,1-4H3,(H2,16,17,18,19). The minimum Gasteiger partial charge on any atom is -0.309 e. The molecule has 1 aromatic carbocycles. The first-order valence-electron chi connectivity index (χ1n) is 6.35. The zero-order valence-corrected chi connectivity index (χ0v) is 11.8. The van der Waals surface area contributed by atoms with E-state index >= 15 is 0 Å². The maximum absolute atomic E-state index is 12.0. The highest BCUT2D eigenvalue weighted by Crippen LogP contribution is 2.15. The van der Waals surface area contributed by atoms with Crippen LogP contribution in [0, 0.1) is 27.7 Å². The summed E-state index contributed by atoms with van der Waals surface area (Å²) in [5, 5.41) is 9.76. The van der Waals surface area contributed by atoms with Gasteiger partial charge in [-0.2, -0.15) is 5.10 Å². The second-order valence-corrected chi connectivity index (χ2v) is 4.97. The molecule has 0 unspecified atom stereocenters. The van der Waals surface area contributed by atoms with Crippen molar-refractivity contribution in [3.05, 3.63) is 46.1 Å². The average Bonchev–Trinajstić information content (AvgIpc) is 2.66. The number of aryl methyl sites for hydroxylation is 3. The van der Waals surface area contributed by atoms with Crippen LogP contribution in [0.5, 0.6) is 0 Å². The molecule has 100 valence electrons. The Hall–Kier alpha value is -2.10. The number of nitrogens with one attached hydrogen (secondary N) is 2. The molecule has 0 saturated heterocycles. The molecule has 0 radical (unpaired) electrons. The number of carbonyl (C=O) groups is 1. The van der Waals surface area contributed by atoms with Gasteiger partial charge >= 0.3 is 0 Å². The third kappa shape index (κ3) is 3.02. The van der Waals surface area contributed by atoms with Crippen LogP contribution >= 0.6 is 0 Å². The molecule has 0 saturated carbocycles. The predicted molar refractivity (Wildman–Crippen MR) is 76.3 cm³/mol. The van der Waals surface area contributed by atoms with Gasteiger partial charge in [-0.25, -0.2) is 0 Å². The minimum absolute atomic E-state index is 0.0437. The molecule has 0 aliphatic carbocycles. The van der Waals surface area contributed by atoms with Crippen molar-refractivity contribution in [3.63, 3.8) is 0 Å². The van der Waals surface area contributed by atoms with Gasteiger partial charge in [0.1, 0.15) is 0 Å². The van der Waals surface area contributed by atoms with Crippen molar-refractivity contribution >= 4 is 11.7 Å². The molecule has 1 aromatic heterocycles. The van der Waals surface area contributed by atoms with E-state index in [0.29, 0.717) is 12.2 Å². The minimum atomic E-state index is -0.0437. The maximum atomic E-state index is 12.0. The fourth-order valence-electron chi connectivity index (χ4n) is 1.88. The van der Waals surface area contributed by atoms with Gasteiger partial charge in [0.05, 0.1) is 6.42 Å². The lowest BCUT2D eigenvalue weighted by atomic mass is 10.0. The third-order valence-electron chi connectivity index (χ3n) is 3.45. The monoisotopic (exact) mass is 257 g/mol. The van der Waals surface area contributed by atoms with Crippen LogP contribution in [-0.2, 0) is 11.2 Å². The molecule has 0 atom stereocenters. The van der Waals surface area contributed by atoms with Crippen molar-refractivity contribution in [2.45, 2.75) is 34.1 Å². The average molecular weight is 257 g/mol. The fourth-order valence-corrected chi connectivity index (χ4v) is 1.88. The number of rotatable bonds is 3. The second kappa shape index (κ2) is 5.26. The van der Waals surface area contributed by atoms with E-state index in [-0.39, 0.29) is 5.91 Å². The Kier molecular flexibility index (Phi) is 3.69. The summed E-state index contributed by atoms with van der Waals surface area (Å²) < 4.78 is 0. The quantitative estimate of drug-likeness (QED) is 0.888. The van der Waals surface area contributed by atoms with Gasteiger partial charge in [0, 0.05) is 11.3 Å². The van der Waals surface area contributed by atoms with E-state index < -0.39 is 0 Å². The highest BCUT2D eigenvalue weighted by atomic mass is 16.1. The summed E-state index contributed by atoms with van der Waals surface area (Å²) in [6.45, 7) is 7.98. The molecule has 4 heteroatoms. The number of aromatic nitrogens is 2. The van der Waals surface area contributed by atoms with Crippen LogP contribution < -0.4 is 5.32 Å². The molecule has 2 rings (SSSR count). The van der Waals surface area contributed by atoms with E-state index in [1.165, 1.54) is 11.1 Å². The van der Waals surface area contributed by atoms with Gasteiger partial charge in [-0.3, -0.25) is 9.89 Å². The lowest BCUT2D eigenvalue weighted by Gasteiger charge is -2.06. The molecule has 2 N–H and O–H groups in total. The highest BCUT2D eigenvalue weighted by molar-refractivity contribution is 5.92. The highest BCUT2D eigenvalue weighted by Gasteiger charge is 2.10. The predicted octanol–water partition coefficient (Wildman–Crippen LogP) is 2.82. The smallest absolute Gasteiger partial charge is 0.230 e. The van der Waals surface area contributed by atoms with Gasteiger partial charge in [-0.15, -0.1) is 0 Å². The number of carbonyl (C=O) groups excluding carboxylic acids is 1. The number of benzene rings is 1. The van der Waals surface area contributed by atoms with Gasteiger partial charge in [0.15, 0.2) is 5.82 Å². The van der Waals surface area contributed by atoms with Crippen molar-refractivity contribution in [1.82, 2.24) is 10.2 Å². The van der Waals surface area contributed by atoms with Crippen LogP contribution in [0.1, 0.15) is 27.9 Å². The number of nitrogens with zero attached hydrogens (tertiary/aromatic N) is 1. The van der Waals surface area contributed by atoms with E-state index in [1.54, 1.807) is 0 Å². The molecule has 2 aromatic rings. The van der Waals surface area contributed by atoms with E-state index in [2.05, 4.69) is 35.4 Å². The Bertz CT molecular complexity index is 614. The molecular formula is C15H19N3O. The number of amides is 1. The molecule has 4 nitrogen and oxygen atoms in total. The van der Waals surface area contributed by atoms with Crippen LogP contribution in [0.3, 0.4) is 0 Å². The molecule has 0 fully saturated rings. The summed E-state index contributed by atoms with van der Waals surface area (Å²) in [6, 6.07) is 6.09. The number of hydrogen-bond donors (Lipinski definition) is 2. The first-order valence-corrected chi connectivity index (χ1v) is 6.35. The molecule has 0 aliphatic heterocycles. The Balaban J connectivity index is 2.05. The van der Waals surface area contributed by atoms with Gasteiger partial charge < -0.3 is 5.32 Å². The summed E-state index contributed by atoms with van der Waals surface area (Å²) in [4.78, 5) is 12.0. The molecular weight excluding hydrogens is 238 g/mol. The number of anilines is 1. The summed E-state index contributed by atoms with van der Waals surface area (Å²) in [5.41, 5.74) is 5.42. The zero-order valence-electron chi connectivity index (χ0n) is 11.8. The van der Waals surface area contributed by atoms with Crippen molar-refractivity contribution in [3.8, 4) is 0 Å². The van der Waals surface area contributed by atoms with E-state index in [1.807, 2.05) is 26.0 Å². The van der Waals surface area contributed by atoms with Crippen LogP contribution in [0.2, 0.25) is 0 Å². The number of aromatic amines is 1. The van der Waals surface area contributed by atoms with Gasteiger partial charge in [-0.05, 0) is 44.4 Å². The first kappa shape index (κ1) is 13.3. The summed E-state index contributed by atoms with van der Waals surface area (Å²) >= 11 is 0. The van der Waals surface area contributed by atoms with E-state index in [0.717, 1.165) is 16.8 Å². The summed E-state index contributed by atoms with van der Waals surface area (Å²) in [7, 11) is 0. The Morgan fingerprint density at radius 2 is 1.95 bits per heavy atom. The SMILES string of the molecule is Cc1ccc(CC(=O)Nc2n[nH]c(C)c2C)cc1C. The topological polar surface area (TPSA) is 57.8 Å². The van der Waals surface area contributed by atoms with Crippen LogP contribution in [0.4, 0.5) is 5.82 Å². The van der Waals surface area contributed by atoms with Crippen LogP contribution in [-0.4, -0.2) is 16.1 Å². The van der Waals surface area contributed by atoms with Gasteiger partial charge in [-0.1, -0.05) is 18.2 Å². The lowest BCUT2D eigenvalue weighted by molar-refractivity contribution is -0.115. The van der Waals surface area contributed by atoms with Crippen LogP contribution in [0.25, 0.3) is 0 Å². The van der Waals surface area contributed by atoms with Crippen LogP contribution in [0.15, 0.2) is 18.2 Å².